The van der Waals surface area contributed by atoms with E-state index >= 15 is 0 Å². The van der Waals surface area contributed by atoms with Gasteiger partial charge in [-0.15, -0.1) is 0 Å². The molecule has 11 heteroatoms. The van der Waals surface area contributed by atoms with Crippen molar-refractivity contribution in [3.8, 4) is 0 Å². The van der Waals surface area contributed by atoms with Crippen LogP contribution in [0.1, 0.15) is 12.8 Å². The molecule has 0 aliphatic carbocycles. The molecule has 1 aliphatic rings. The highest BCUT2D eigenvalue weighted by molar-refractivity contribution is 7.90. The molecule has 0 atom stereocenters. The topological polar surface area (TPSA) is 144 Å². The van der Waals surface area contributed by atoms with Gasteiger partial charge in [0.2, 0.25) is 11.6 Å². The van der Waals surface area contributed by atoms with E-state index in [-0.39, 0.29) is 28.3 Å². The van der Waals surface area contributed by atoms with Gasteiger partial charge in [-0.05, 0) is 50.2 Å². The Morgan fingerprint density at radius 2 is 1.85 bits per heavy atom. The molecule has 0 bridgehead atoms. The van der Waals surface area contributed by atoms with Gasteiger partial charge in [0.1, 0.15) is 6.33 Å². The molecular formula is C16H20N6O4S. The zero-order chi connectivity index (χ0) is 19.6. The molecule has 3 rings (SSSR count). The standard InChI is InChI=1S/C16H20N6O4S/c1-27(25,26)13-4-2-11(3-5-13)21(12-6-8-18-9-7-12)16-14(22(23)24)15(17)19-10-20-16/h2-5,10,12,18H,6-9H2,1H3,(H2,17,19,20). The van der Waals surface area contributed by atoms with Gasteiger partial charge in [0.05, 0.1) is 9.82 Å². The van der Waals surface area contributed by atoms with Crippen molar-refractivity contribution in [2.75, 3.05) is 30.0 Å². The number of sulfone groups is 1. The highest BCUT2D eigenvalue weighted by Crippen LogP contribution is 2.38. The molecule has 1 aliphatic heterocycles. The number of anilines is 3. The number of nitro groups is 1. The Bertz CT molecular complexity index is 942. The van der Waals surface area contributed by atoms with E-state index in [4.69, 9.17) is 5.73 Å². The summed E-state index contributed by atoms with van der Waals surface area (Å²) >= 11 is 0. The summed E-state index contributed by atoms with van der Waals surface area (Å²) in [5, 5.41) is 14.8. The second-order valence-corrected chi connectivity index (χ2v) is 8.32. The summed E-state index contributed by atoms with van der Waals surface area (Å²) in [6.45, 7) is 1.52. The maximum atomic E-state index is 11.7. The lowest BCUT2D eigenvalue weighted by atomic mass is 10.0. The van der Waals surface area contributed by atoms with Crippen molar-refractivity contribution >= 4 is 32.8 Å². The highest BCUT2D eigenvalue weighted by atomic mass is 32.2. The number of benzene rings is 1. The fraction of sp³-hybridized carbons (Fsp3) is 0.375. The van der Waals surface area contributed by atoms with Crippen LogP contribution in [0.2, 0.25) is 0 Å². The minimum Gasteiger partial charge on any atom is -0.378 e. The van der Waals surface area contributed by atoms with E-state index in [0.29, 0.717) is 5.69 Å². The van der Waals surface area contributed by atoms with Gasteiger partial charge in [0.25, 0.3) is 0 Å². The first-order chi connectivity index (χ1) is 12.8. The summed E-state index contributed by atoms with van der Waals surface area (Å²) < 4.78 is 23.5. The number of aromatic nitrogens is 2. The Morgan fingerprint density at radius 1 is 1.22 bits per heavy atom. The molecule has 0 amide bonds. The zero-order valence-electron chi connectivity index (χ0n) is 14.7. The predicted octanol–water partition coefficient (Wildman–Crippen LogP) is 1.26. The summed E-state index contributed by atoms with van der Waals surface area (Å²) in [5.41, 5.74) is 5.99. The van der Waals surface area contributed by atoms with E-state index in [1.54, 1.807) is 17.0 Å². The lowest BCUT2D eigenvalue weighted by molar-refractivity contribution is -0.383. The Hall–Kier alpha value is -2.79. The lowest BCUT2D eigenvalue weighted by Gasteiger charge is -2.35. The third kappa shape index (κ3) is 3.98. The van der Waals surface area contributed by atoms with Crippen molar-refractivity contribution in [1.82, 2.24) is 15.3 Å². The molecule has 10 nitrogen and oxygen atoms in total. The van der Waals surface area contributed by atoms with Crippen LogP contribution in [0.25, 0.3) is 0 Å². The van der Waals surface area contributed by atoms with Crippen molar-refractivity contribution < 1.29 is 13.3 Å². The molecule has 144 valence electrons. The fourth-order valence-corrected chi connectivity index (χ4v) is 3.79. The summed E-state index contributed by atoms with van der Waals surface area (Å²) in [6, 6.07) is 6.16. The van der Waals surface area contributed by atoms with Gasteiger partial charge in [-0.1, -0.05) is 0 Å². The molecule has 2 aromatic rings. The van der Waals surface area contributed by atoms with Crippen LogP contribution in [-0.2, 0) is 9.84 Å². The molecule has 0 radical (unpaired) electrons. The van der Waals surface area contributed by atoms with Crippen LogP contribution in [-0.4, -0.2) is 48.7 Å². The third-order valence-corrected chi connectivity index (χ3v) is 5.59. The van der Waals surface area contributed by atoms with E-state index in [0.717, 1.165) is 32.2 Å². The van der Waals surface area contributed by atoms with Crippen LogP contribution in [0.5, 0.6) is 0 Å². The molecule has 1 aromatic heterocycles. The molecule has 1 fully saturated rings. The Labute approximate surface area is 156 Å². The first-order valence-corrected chi connectivity index (χ1v) is 10.2. The van der Waals surface area contributed by atoms with Crippen LogP contribution in [0.15, 0.2) is 35.5 Å². The van der Waals surface area contributed by atoms with Gasteiger partial charge >= 0.3 is 5.69 Å². The van der Waals surface area contributed by atoms with Crippen molar-refractivity contribution in [2.24, 2.45) is 0 Å². The van der Waals surface area contributed by atoms with Crippen molar-refractivity contribution in [3.63, 3.8) is 0 Å². The van der Waals surface area contributed by atoms with Crippen LogP contribution < -0.4 is 16.0 Å². The van der Waals surface area contributed by atoms with Gasteiger partial charge in [-0.3, -0.25) is 10.1 Å². The second-order valence-electron chi connectivity index (χ2n) is 6.31. The summed E-state index contributed by atoms with van der Waals surface area (Å²) in [7, 11) is -3.35. The number of rotatable bonds is 5. The average Bonchev–Trinajstić information content (AvgIpc) is 2.62. The molecule has 3 N–H and O–H groups in total. The number of nitrogens with zero attached hydrogens (tertiary/aromatic N) is 4. The Kier molecular flexibility index (Phi) is 5.24. The Balaban J connectivity index is 2.13. The molecular weight excluding hydrogens is 372 g/mol. The number of hydrogen-bond donors (Lipinski definition) is 2. The monoisotopic (exact) mass is 392 g/mol. The maximum Gasteiger partial charge on any atom is 0.353 e. The third-order valence-electron chi connectivity index (χ3n) is 4.46. The lowest BCUT2D eigenvalue weighted by Crippen LogP contribution is -2.41. The summed E-state index contributed by atoms with van der Waals surface area (Å²) in [5.74, 6) is -0.108. The van der Waals surface area contributed by atoms with Crippen LogP contribution in [0.3, 0.4) is 0 Å². The first kappa shape index (κ1) is 19.0. The van der Waals surface area contributed by atoms with Crippen molar-refractivity contribution in [3.05, 3.63) is 40.7 Å². The number of nitrogen functional groups attached to an aromatic ring is 1. The fourth-order valence-electron chi connectivity index (χ4n) is 3.16. The van der Waals surface area contributed by atoms with E-state index < -0.39 is 14.8 Å². The number of nitrogens with one attached hydrogen (secondary N) is 1. The van der Waals surface area contributed by atoms with Gasteiger partial charge < -0.3 is 16.0 Å². The van der Waals surface area contributed by atoms with Gasteiger partial charge in [0.15, 0.2) is 9.84 Å². The zero-order valence-corrected chi connectivity index (χ0v) is 15.5. The minimum atomic E-state index is -3.35. The Morgan fingerprint density at radius 3 is 2.41 bits per heavy atom. The molecule has 2 heterocycles. The normalized spacial score (nSPS) is 15.4. The highest BCUT2D eigenvalue weighted by Gasteiger charge is 2.32. The van der Waals surface area contributed by atoms with Gasteiger partial charge in [-0.2, -0.15) is 0 Å². The molecule has 0 saturated carbocycles. The maximum absolute atomic E-state index is 11.7. The SMILES string of the molecule is CS(=O)(=O)c1ccc(N(c2ncnc(N)c2[N+](=O)[O-])C2CCNCC2)cc1. The van der Waals surface area contributed by atoms with Crippen LogP contribution >= 0.6 is 0 Å². The first-order valence-electron chi connectivity index (χ1n) is 8.34. The van der Waals surface area contributed by atoms with E-state index in [9.17, 15) is 18.5 Å². The van der Waals surface area contributed by atoms with Crippen molar-refractivity contribution in [2.45, 2.75) is 23.8 Å². The minimum absolute atomic E-state index is 0.0525. The molecule has 27 heavy (non-hydrogen) atoms. The number of nitrogens with two attached hydrogens (primary N) is 1. The van der Waals surface area contributed by atoms with Crippen LogP contribution in [0.4, 0.5) is 23.0 Å². The van der Waals surface area contributed by atoms with Crippen molar-refractivity contribution in [1.29, 1.82) is 0 Å². The predicted molar refractivity (Wildman–Crippen MR) is 101 cm³/mol. The molecule has 1 saturated heterocycles. The average molecular weight is 392 g/mol. The second kappa shape index (κ2) is 7.45. The smallest absolute Gasteiger partial charge is 0.353 e. The number of piperidine rings is 1. The largest absolute Gasteiger partial charge is 0.378 e. The summed E-state index contributed by atoms with van der Waals surface area (Å²) in [4.78, 5) is 20.8. The van der Waals surface area contributed by atoms with E-state index in [2.05, 4.69) is 15.3 Å². The molecule has 0 unspecified atom stereocenters. The van der Waals surface area contributed by atoms with Gasteiger partial charge in [-0.25, -0.2) is 18.4 Å². The quantitative estimate of drug-likeness (QED) is 0.567. The molecule has 0 spiro atoms. The van der Waals surface area contributed by atoms with Crippen LogP contribution in [0, 0.1) is 10.1 Å². The van der Waals surface area contributed by atoms with Gasteiger partial charge in [0, 0.05) is 18.0 Å². The van der Waals surface area contributed by atoms with E-state index in [1.807, 2.05) is 0 Å². The summed E-state index contributed by atoms with van der Waals surface area (Å²) in [6.07, 6.45) is 3.81. The number of hydrogen-bond acceptors (Lipinski definition) is 9. The van der Waals surface area contributed by atoms with E-state index in [1.165, 1.54) is 18.5 Å². The molecule has 1 aromatic carbocycles.